The maximum Gasteiger partial charge on any atom is 0.240 e. The van der Waals surface area contributed by atoms with Crippen molar-refractivity contribution in [1.82, 2.24) is 20.2 Å². The van der Waals surface area contributed by atoms with E-state index in [0.29, 0.717) is 12.6 Å². The fraction of sp³-hybridized carbons (Fsp3) is 0.750. The van der Waals surface area contributed by atoms with E-state index in [1.54, 1.807) is 6.20 Å². The van der Waals surface area contributed by atoms with Crippen LogP contribution in [0.1, 0.15) is 57.7 Å². The number of carbonyl (C=O) groups is 1. The topological polar surface area (TPSA) is 59.0 Å². The molecule has 0 aromatic carbocycles. The second-order valence-electron chi connectivity index (χ2n) is 5.90. The van der Waals surface area contributed by atoms with Gasteiger partial charge in [-0.1, -0.05) is 32.6 Å². The molecule has 1 amide bonds. The zero-order valence-corrected chi connectivity index (χ0v) is 13.1. The molecule has 118 valence electrons. The molecular weight excluding hydrogens is 264 g/mol. The summed E-state index contributed by atoms with van der Waals surface area (Å²) in [5.74, 6) is 1.04. The lowest BCUT2D eigenvalue weighted by molar-refractivity contribution is -0.122. The van der Waals surface area contributed by atoms with E-state index in [4.69, 9.17) is 0 Å². The van der Waals surface area contributed by atoms with Crippen molar-refractivity contribution in [3.05, 3.63) is 18.2 Å². The molecule has 1 aliphatic carbocycles. The number of aromatic nitrogens is 2. The first-order chi connectivity index (χ1) is 10.3. The van der Waals surface area contributed by atoms with Gasteiger partial charge in [0.1, 0.15) is 12.4 Å². The minimum absolute atomic E-state index is 0.108. The Hall–Kier alpha value is -1.36. The van der Waals surface area contributed by atoms with Crippen molar-refractivity contribution in [1.29, 1.82) is 0 Å². The van der Waals surface area contributed by atoms with Crippen LogP contribution in [0, 0.1) is 0 Å². The van der Waals surface area contributed by atoms with Crippen LogP contribution in [-0.4, -0.2) is 28.0 Å². The number of carbonyl (C=O) groups excluding carboxylic acids is 1. The molecule has 21 heavy (non-hydrogen) atoms. The Balaban J connectivity index is 1.80. The molecule has 1 aromatic heterocycles. The van der Waals surface area contributed by atoms with Crippen molar-refractivity contribution in [3.8, 4) is 0 Å². The first-order valence-electron chi connectivity index (χ1n) is 8.29. The quantitative estimate of drug-likeness (QED) is 0.598. The van der Waals surface area contributed by atoms with Gasteiger partial charge in [-0.3, -0.25) is 4.79 Å². The van der Waals surface area contributed by atoms with Gasteiger partial charge in [0.2, 0.25) is 5.91 Å². The third-order valence-electron chi connectivity index (χ3n) is 4.05. The summed E-state index contributed by atoms with van der Waals surface area (Å²) in [5, 5.41) is 6.51. The fourth-order valence-corrected chi connectivity index (χ4v) is 2.88. The lowest BCUT2D eigenvalue weighted by Gasteiger charge is -2.17. The lowest BCUT2D eigenvalue weighted by Crippen LogP contribution is -2.37. The second-order valence-corrected chi connectivity index (χ2v) is 5.90. The summed E-state index contributed by atoms with van der Waals surface area (Å²) < 4.78 is 1.94. The van der Waals surface area contributed by atoms with Crippen molar-refractivity contribution >= 4 is 5.91 Å². The highest BCUT2D eigenvalue weighted by Gasteiger charge is 2.15. The zero-order chi connectivity index (χ0) is 14.9. The van der Waals surface area contributed by atoms with Crippen LogP contribution in [0.25, 0.3) is 0 Å². The van der Waals surface area contributed by atoms with Crippen molar-refractivity contribution in [3.63, 3.8) is 0 Å². The molecule has 0 unspecified atom stereocenters. The minimum Gasteiger partial charge on any atom is -0.352 e. The molecule has 5 heteroatoms. The highest BCUT2D eigenvalue weighted by atomic mass is 16.2. The lowest BCUT2D eigenvalue weighted by atomic mass is 10.1. The molecule has 0 bridgehead atoms. The van der Waals surface area contributed by atoms with E-state index in [-0.39, 0.29) is 5.91 Å². The van der Waals surface area contributed by atoms with Gasteiger partial charge in [-0.15, -0.1) is 0 Å². The van der Waals surface area contributed by atoms with E-state index >= 15 is 0 Å². The zero-order valence-electron chi connectivity index (χ0n) is 13.1. The first-order valence-corrected chi connectivity index (χ1v) is 8.29. The monoisotopic (exact) mass is 292 g/mol. The third kappa shape index (κ3) is 5.50. The molecule has 0 spiro atoms. The predicted octanol–water partition coefficient (Wildman–Crippen LogP) is 2.22. The minimum atomic E-state index is 0.108. The van der Waals surface area contributed by atoms with Crippen LogP contribution < -0.4 is 10.6 Å². The number of hydrogen-bond acceptors (Lipinski definition) is 3. The average molecular weight is 292 g/mol. The fourth-order valence-electron chi connectivity index (χ4n) is 2.88. The van der Waals surface area contributed by atoms with E-state index in [0.717, 1.165) is 38.2 Å². The Bertz CT molecular complexity index is 422. The van der Waals surface area contributed by atoms with Crippen molar-refractivity contribution in [2.24, 2.45) is 0 Å². The molecule has 5 nitrogen and oxygen atoms in total. The maximum atomic E-state index is 12.2. The third-order valence-corrected chi connectivity index (χ3v) is 4.05. The molecule has 0 aliphatic heterocycles. The normalized spacial score (nSPS) is 16.6. The number of rotatable bonds is 7. The van der Waals surface area contributed by atoms with Crippen LogP contribution in [0.5, 0.6) is 0 Å². The molecule has 0 radical (unpaired) electrons. The molecule has 1 aliphatic rings. The van der Waals surface area contributed by atoms with Crippen LogP contribution in [0.3, 0.4) is 0 Å². The Morgan fingerprint density at radius 2 is 2.10 bits per heavy atom. The van der Waals surface area contributed by atoms with Crippen LogP contribution in [0.2, 0.25) is 0 Å². The Morgan fingerprint density at radius 3 is 2.81 bits per heavy atom. The molecule has 0 atom stereocenters. The van der Waals surface area contributed by atoms with Gasteiger partial charge >= 0.3 is 0 Å². The summed E-state index contributed by atoms with van der Waals surface area (Å²) in [7, 11) is 0. The number of imidazole rings is 1. The van der Waals surface area contributed by atoms with Crippen molar-refractivity contribution in [2.45, 2.75) is 71.0 Å². The van der Waals surface area contributed by atoms with E-state index < -0.39 is 0 Å². The summed E-state index contributed by atoms with van der Waals surface area (Å²) in [5.41, 5.74) is 0. The molecular formula is C16H28N4O. The van der Waals surface area contributed by atoms with Gasteiger partial charge in [0, 0.05) is 18.4 Å². The van der Waals surface area contributed by atoms with E-state index in [9.17, 15) is 4.79 Å². The van der Waals surface area contributed by atoms with Gasteiger partial charge in [0.05, 0.1) is 6.54 Å². The Labute approximate surface area is 127 Å². The van der Waals surface area contributed by atoms with Crippen LogP contribution >= 0.6 is 0 Å². The largest absolute Gasteiger partial charge is 0.352 e. The second kappa shape index (κ2) is 8.82. The van der Waals surface area contributed by atoms with Gasteiger partial charge in [0.15, 0.2) is 0 Å². The van der Waals surface area contributed by atoms with Crippen LogP contribution in [-0.2, 0) is 17.9 Å². The summed E-state index contributed by atoms with van der Waals surface area (Å²) in [6.45, 7) is 4.21. The molecule has 1 heterocycles. The molecule has 1 aromatic rings. The van der Waals surface area contributed by atoms with Gasteiger partial charge in [-0.05, 0) is 25.8 Å². The molecule has 1 fully saturated rings. The summed E-state index contributed by atoms with van der Waals surface area (Å²) in [4.78, 5) is 16.5. The standard InChI is InChI=1S/C16H28N4O/c1-2-9-17-12-15-18-10-11-20(15)13-16(21)19-14-7-5-3-4-6-8-14/h10-11,14,17H,2-9,12-13H2,1H3,(H,19,21). The van der Waals surface area contributed by atoms with Crippen molar-refractivity contribution in [2.75, 3.05) is 6.54 Å². The highest BCUT2D eigenvalue weighted by molar-refractivity contribution is 5.76. The first kappa shape index (κ1) is 16.0. The Morgan fingerprint density at radius 1 is 1.33 bits per heavy atom. The van der Waals surface area contributed by atoms with Gasteiger partial charge in [-0.2, -0.15) is 0 Å². The predicted molar refractivity (Wildman–Crippen MR) is 83.9 cm³/mol. The highest BCUT2D eigenvalue weighted by Crippen LogP contribution is 2.17. The summed E-state index contributed by atoms with van der Waals surface area (Å²) in [6.07, 6.45) is 12.1. The van der Waals surface area contributed by atoms with Crippen molar-refractivity contribution < 1.29 is 4.79 Å². The molecule has 2 rings (SSSR count). The van der Waals surface area contributed by atoms with E-state index in [2.05, 4.69) is 22.5 Å². The van der Waals surface area contributed by atoms with Gasteiger partial charge in [-0.25, -0.2) is 4.98 Å². The van der Waals surface area contributed by atoms with E-state index in [1.807, 2.05) is 10.8 Å². The average Bonchev–Trinajstić information content (AvgIpc) is 2.73. The molecule has 0 saturated heterocycles. The smallest absolute Gasteiger partial charge is 0.240 e. The molecule has 1 saturated carbocycles. The van der Waals surface area contributed by atoms with Crippen LogP contribution in [0.4, 0.5) is 0 Å². The number of nitrogens with one attached hydrogen (secondary N) is 2. The number of amides is 1. The number of nitrogens with zero attached hydrogens (tertiary/aromatic N) is 2. The maximum absolute atomic E-state index is 12.2. The van der Waals surface area contributed by atoms with Gasteiger partial charge < -0.3 is 15.2 Å². The molecule has 2 N–H and O–H groups in total. The summed E-state index contributed by atoms with van der Waals surface area (Å²) in [6, 6.07) is 0.366. The Kier molecular flexibility index (Phi) is 6.73. The number of hydrogen-bond donors (Lipinski definition) is 2. The van der Waals surface area contributed by atoms with Gasteiger partial charge in [0.25, 0.3) is 0 Å². The van der Waals surface area contributed by atoms with Crippen LogP contribution in [0.15, 0.2) is 12.4 Å². The van der Waals surface area contributed by atoms with E-state index in [1.165, 1.54) is 25.7 Å². The SMILES string of the molecule is CCCNCc1nccn1CC(=O)NC1CCCCCC1. The summed E-state index contributed by atoms with van der Waals surface area (Å²) >= 11 is 0.